The maximum Gasteiger partial charge on any atom is 0.147 e. The molecule has 0 radical (unpaired) electrons. The van der Waals surface area contributed by atoms with Crippen LogP contribution in [0.4, 0.5) is 10.1 Å². The maximum atomic E-state index is 13.2. The van der Waals surface area contributed by atoms with E-state index in [1.807, 2.05) is 19.1 Å². The molecule has 21 heavy (non-hydrogen) atoms. The van der Waals surface area contributed by atoms with Gasteiger partial charge in [-0.15, -0.1) is 0 Å². The van der Waals surface area contributed by atoms with Crippen molar-refractivity contribution in [2.75, 3.05) is 11.9 Å². The van der Waals surface area contributed by atoms with Crippen molar-refractivity contribution in [3.63, 3.8) is 0 Å². The Hall–Kier alpha value is -0.590. The molecule has 2 rings (SSSR count). The monoisotopic (exact) mass is 479 g/mol. The summed E-state index contributed by atoms with van der Waals surface area (Å²) in [5.41, 5.74) is 1.77. The zero-order chi connectivity index (χ0) is 15.4. The van der Waals surface area contributed by atoms with Crippen molar-refractivity contribution in [2.24, 2.45) is 0 Å². The lowest BCUT2D eigenvalue weighted by Crippen LogP contribution is -2.02. The first-order valence-electron chi connectivity index (χ1n) is 6.31. The van der Waals surface area contributed by atoms with Gasteiger partial charge in [-0.2, -0.15) is 0 Å². The molecule has 2 aromatic rings. The Kier molecular flexibility index (Phi) is 6.08. The molecule has 1 N–H and O–H groups in total. The van der Waals surface area contributed by atoms with Crippen molar-refractivity contribution in [3.05, 3.63) is 55.1 Å². The second kappa shape index (κ2) is 7.61. The summed E-state index contributed by atoms with van der Waals surface area (Å²) >= 11 is 10.4. The Morgan fingerprint density at radius 1 is 1.05 bits per heavy atom. The van der Waals surface area contributed by atoms with Crippen LogP contribution in [0.1, 0.15) is 12.5 Å². The lowest BCUT2D eigenvalue weighted by Gasteiger charge is -2.13. The lowest BCUT2D eigenvalue weighted by atomic mass is 10.2. The molecule has 112 valence electrons. The molecule has 0 aliphatic heterocycles. The minimum Gasteiger partial charge on any atom is -0.492 e. The van der Waals surface area contributed by atoms with Gasteiger partial charge in [-0.25, -0.2) is 4.39 Å². The number of benzene rings is 2. The van der Waals surface area contributed by atoms with Crippen LogP contribution in [0.15, 0.2) is 43.7 Å². The largest absolute Gasteiger partial charge is 0.492 e. The summed E-state index contributed by atoms with van der Waals surface area (Å²) in [4.78, 5) is 0. The molecule has 2 nitrogen and oxygen atoms in total. The Bertz CT molecular complexity index is 626. The minimum absolute atomic E-state index is 0.269. The van der Waals surface area contributed by atoms with Gasteiger partial charge < -0.3 is 10.1 Å². The van der Waals surface area contributed by atoms with E-state index in [4.69, 9.17) is 4.74 Å². The third-order valence-electron chi connectivity index (χ3n) is 2.76. The zero-order valence-corrected chi connectivity index (χ0v) is 16.0. The summed E-state index contributed by atoms with van der Waals surface area (Å²) in [6, 6.07) is 8.52. The fourth-order valence-electron chi connectivity index (χ4n) is 1.83. The predicted octanol–water partition coefficient (Wildman–Crippen LogP) is 6.12. The van der Waals surface area contributed by atoms with Crippen LogP contribution in [0.25, 0.3) is 0 Å². The molecule has 0 saturated carbocycles. The van der Waals surface area contributed by atoms with E-state index in [0.717, 1.165) is 30.4 Å². The molecule has 0 unspecified atom stereocenters. The summed E-state index contributed by atoms with van der Waals surface area (Å²) in [7, 11) is 0. The molecule has 6 heteroatoms. The van der Waals surface area contributed by atoms with Crippen molar-refractivity contribution >= 4 is 53.5 Å². The molecule has 0 amide bonds. The Morgan fingerprint density at radius 2 is 1.71 bits per heavy atom. The highest BCUT2D eigenvalue weighted by Gasteiger charge is 2.09. The van der Waals surface area contributed by atoms with Crippen LogP contribution in [-0.2, 0) is 6.54 Å². The summed E-state index contributed by atoms with van der Waals surface area (Å²) in [6.45, 7) is 3.12. The van der Waals surface area contributed by atoms with E-state index in [9.17, 15) is 4.39 Å². The van der Waals surface area contributed by atoms with Gasteiger partial charge in [0.1, 0.15) is 11.6 Å². The summed E-state index contributed by atoms with van der Waals surface area (Å²) in [5.74, 6) is 0.517. The van der Waals surface area contributed by atoms with Gasteiger partial charge in [-0.3, -0.25) is 0 Å². The van der Waals surface area contributed by atoms with E-state index in [2.05, 4.69) is 53.1 Å². The van der Waals surface area contributed by atoms with E-state index in [0.29, 0.717) is 13.2 Å². The zero-order valence-electron chi connectivity index (χ0n) is 11.2. The van der Waals surface area contributed by atoms with Crippen LogP contribution < -0.4 is 10.1 Å². The molecule has 0 bridgehead atoms. The first-order chi connectivity index (χ1) is 10.0. The number of nitrogens with one attached hydrogen (secondary N) is 1. The van der Waals surface area contributed by atoms with Crippen molar-refractivity contribution in [1.29, 1.82) is 0 Å². The van der Waals surface area contributed by atoms with E-state index in [1.165, 1.54) is 12.1 Å². The quantitative estimate of drug-likeness (QED) is 0.555. The maximum absolute atomic E-state index is 13.2. The number of halogens is 4. The van der Waals surface area contributed by atoms with Gasteiger partial charge in [0.05, 0.1) is 21.2 Å². The van der Waals surface area contributed by atoms with Crippen LogP contribution in [0.3, 0.4) is 0 Å². The lowest BCUT2D eigenvalue weighted by molar-refractivity contribution is 0.336. The first-order valence-corrected chi connectivity index (χ1v) is 8.68. The molecule has 0 saturated heterocycles. The Labute approximate surface area is 148 Å². The molecule has 0 aliphatic rings. The molecule has 0 atom stereocenters. The fourth-order valence-corrected chi connectivity index (χ4v) is 3.72. The van der Waals surface area contributed by atoms with Gasteiger partial charge >= 0.3 is 0 Å². The molecular formula is C15H13Br3FNO. The Balaban J connectivity index is 2.15. The van der Waals surface area contributed by atoms with Crippen LogP contribution in [0.2, 0.25) is 0 Å². The molecule has 0 spiro atoms. The second-order valence-electron chi connectivity index (χ2n) is 4.30. The summed E-state index contributed by atoms with van der Waals surface area (Å²) in [5, 5.41) is 3.21. The molecule has 0 aliphatic carbocycles. The van der Waals surface area contributed by atoms with E-state index >= 15 is 0 Å². The average molecular weight is 482 g/mol. The predicted molar refractivity (Wildman–Crippen MR) is 94.4 cm³/mol. The molecule has 0 aromatic heterocycles. The first kappa shape index (κ1) is 16.8. The average Bonchev–Trinajstić information content (AvgIpc) is 2.44. The van der Waals surface area contributed by atoms with Crippen LogP contribution >= 0.6 is 47.8 Å². The van der Waals surface area contributed by atoms with E-state index < -0.39 is 0 Å². The van der Waals surface area contributed by atoms with Gasteiger partial charge in [-0.05, 0) is 90.6 Å². The fraction of sp³-hybridized carbons (Fsp3) is 0.200. The number of hydrogen-bond acceptors (Lipinski definition) is 2. The molecule has 2 aromatic carbocycles. The number of ether oxygens (including phenoxy) is 1. The number of hydrogen-bond donors (Lipinski definition) is 1. The van der Waals surface area contributed by atoms with E-state index in [-0.39, 0.29) is 5.82 Å². The van der Waals surface area contributed by atoms with Crippen LogP contribution in [0, 0.1) is 5.82 Å². The number of rotatable bonds is 5. The number of anilines is 1. The van der Waals surface area contributed by atoms with Gasteiger partial charge in [0.15, 0.2) is 0 Å². The Morgan fingerprint density at radius 3 is 2.33 bits per heavy atom. The highest BCUT2D eigenvalue weighted by atomic mass is 79.9. The standard InChI is InChI=1S/C15H13Br3FNO/c1-2-21-15-12(17)5-9(6-13(15)18)8-20-14-7-10(19)3-4-11(14)16/h3-7,20H,2,8H2,1H3. The van der Waals surface area contributed by atoms with Crippen molar-refractivity contribution in [3.8, 4) is 5.75 Å². The topological polar surface area (TPSA) is 21.3 Å². The molecule has 0 heterocycles. The minimum atomic E-state index is -0.269. The summed E-state index contributed by atoms with van der Waals surface area (Å²) < 4.78 is 21.4. The van der Waals surface area contributed by atoms with Crippen molar-refractivity contribution in [2.45, 2.75) is 13.5 Å². The highest BCUT2D eigenvalue weighted by molar-refractivity contribution is 9.11. The normalized spacial score (nSPS) is 10.5. The van der Waals surface area contributed by atoms with Crippen LogP contribution in [-0.4, -0.2) is 6.61 Å². The third-order valence-corrected chi connectivity index (χ3v) is 4.63. The van der Waals surface area contributed by atoms with Gasteiger partial charge in [0.2, 0.25) is 0 Å². The van der Waals surface area contributed by atoms with E-state index in [1.54, 1.807) is 6.07 Å². The second-order valence-corrected chi connectivity index (χ2v) is 6.86. The van der Waals surface area contributed by atoms with Crippen molar-refractivity contribution < 1.29 is 9.13 Å². The molecule has 0 fully saturated rings. The molecular weight excluding hydrogens is 469 g/mol. The van der Waals surface area contributed by atoms with Crippen LogP contribution in [0.5, 0.6) is 5.75 Å². The highest BCUT2D eigenvalue weighted by Crippen LogP contribution is 2.35. The third kappa shape index (κ3) is 4.44. The van der Waals surface area contributed by atoms with Gasteiger partial charge in [0, 0.05) is 11.0 Å². The van der Waals surface area contributed by atoms with Crippen molar-refractivity contribution in [1.82, 2.24) is 0 Å². The smallest absolute Gasteiger partial charge is 0.147 e. The summed E-state index contributed by atoms with van der Waals surface area (Å²) in [6.07, 6.45) is 0. The van der Waals surface area contributed by atoms with Gasteiger partial charge in [0.25, 0.3) is 0 Å². The van der Waals surface area contributed by atoms with Gasteiger partial charge in [-0.1, -0.05) is 0 Å². The SMILES string of the molecule is CCOc1c(Br)cc(CNc2cc(F)ccc2Br)cc1Br.